The number of aromatic hydroxyl groups is 1. The molecule has 1 aliphatic heterocycles. The van der Waals surface area contributed by atoms with Gasteiger partial charge in [-0.05, 0) is 53.4 Å². The summed E-state index contributed by atoms with van der Waals surface area (Å²) in [5.74, 6) is -1.16. The van der Waals surface area contributed by atoms with E-state index >= 15 is 0 Å². The lowest BCUT2D eigenvalue weighted by molar-refractivity contribution is -0.117. The minimum absolute atomic E-state index is 0.0235. The van der Waals surface area contributed by atoms with Gasteiger partial charge in [-0.25, -0.2) is 0 Å². The number of ketones is 1. The van der Waals surface area contributed by atoms with Crippen molar-refractivity contribution in [2.45, 2.75) is 25.8 Å². The number of hydrogen-bond acceptors (Lipinski definition) is 6. The zero-order valence-corrected chi connectivity index (χ0v) is 20.1. The fraction of sp³-hybridized carbons (Fsp3) is 0.172. The fourth-order valence-electron chi connectivity index (χ4n) is 4.54. The molecule has 0 aliphatic carbocycles. The van der Waals surface area contributed by atoms with Gasteiger partial charge in [0.05, 0.1) is 18.7 Å². The Bertz CT molecular complexity index is 1500. The normalized spacial score (nSPS) is 15.8. The monoisotopic (exact) mass is 483 g/mol. The van der Waals surface area contributed by atoms with Crippen LogP contribution in [0.3, 0.4) is 0 Å². The van der Waals surface area contributed by atoms with Crippen LogP contribution in [0.1, 0.15) is 47.5 Å². The van der Waals surface area contributed by atoms with E-state index in [1.807, 2.05) is 12.1 Å². The zero-order valence-electron chi connectivity index (χ0n) is 20.1. The Balaban J connectivity index is 1.63. The number of Topliss-reactive ketones (excluding diaryl/α,β-unsaturated/α-hetero) is 1. The number of fused-ring (bicyclic) bond motifs is 1. The molecule has 3 aromatic carbocycles. The Labute approximate surface area is 207 Å². The molecule has 7 nitrogen and oxygen atoms in total. The molecule has 0 fully saturated rings. The van der Waals surface area contributed by atoms with Crippen molar-refractivity contribution in [3.05, 3.63) is 101 Å². The number of nitrogens with zero attached hydrogens (tertiary/aromatic N) is 1. The van der Waals surface area contributed by atoms with E-state index in [1.54, 1.807) is 48.5 Å². The number of hydrogen-bond donors (Lipinski definition) is 2. The van der Waals surface area contributed by atoms with Crippen LogP contribution in [0.15, 0.2) is 88.5 Å². The maximum atomic E-state index is 13.8. The summed E-state index contributed by atoms with van der Waals surface area (Å²) in [6, 6.07) is 19.6. The molecular weight excluding hydrogens is 458 g/mol. The predicted octanol–water partition coefficient (Wildman–Crippen LogP) is 6.05. The summed E-state index contributed by atoms with van der Waals surface area (Å²) in [6.07, 6.45) is 0. The number of carbonyl (C=O) groups excluding carboxylic acids is 2. The van der Waals surface area contributed by atoms with Crippen molar-refractivity contribution in [3.8, 4) is 11.5 Å². The highest BCUT2D eigenvalue weighted by Crippen LogP contribution is 2.43. The zero-order chi connectivity index (χ0) is 25.6. The standard InChI is InChI=1S/C29H25NO6/c1-16(2)17-7-11-20(12-8-17)30-25(18-9-13-21(31)14-10-18)24(27(33)29(30)34)26(32)23-15-19-5-4-6-22(35-3)28(19)36-23/h4-16,25,31,33H,1-3H3. The Morgan fingerprint density at radius 1 is 1.00 bits per heavy atom. The molecule has 1 atom stereocenters. The highest BCUT2D eigenvalue weighted by atomic mass is 16.5. The SMILES string of the molecule is COc1cccc2cc(C(=O)C3=C(O)C(=O)N(c4ccc(C(C)C)cc4)C3c3ccc(O)cc3)oc12. The lowest BCUT2D eigenvalue weighted by Gasteiger charge is -2.27. The first-order valence-electron chi connectivity index (χ1n) is 11.6. The average molecular weight is 484 g/mol. The highest BCUT2D eigenvalue weighted by molar-refractivity contribution is 6.20. The van der Waals surface area contributed by atoms with Gasteiger partial charge in [0.1, 0.15) is 5.75 Å². The van der Waals surface area contributed by atoms with Gasteiger partial charge < -0.3 is 19.4 Å². The molecule has 182 valence electrons. The van der Waals surface area contributed by atoms with Crippen LogP contribution in [0.5, 0.6) is 11.5 Å². The van der Waals surface area contributed by atoms with E-state index in [2.05, 4.69) is 13.8 Å². The second-order valence-electron chi connectivity index (χ2n) is 9.00. The lowest BCUT2D eigenvalue weighted by atomic mass is 9.94. The fourth-order valence-corrected chi connectivity index (χ4v) is 4.54. The van der Waals surface area contributed by atoms with E-state index in [4.69, 9.17) is 9.15 Å². The van der Waals surface area contributed by atoms with Crippen molar-refractivity contribution in [1.82, 2.24) is 0 Å². The number of amides is 1. The van der Waals surface area contributed by atoms with Crippen LogP contribution in [0.4, 0.5) is 5.69 Å². The summed E-state index contributed by atoms with van der Waals surface area (Å²) >= 11 is 0. The molecule has 2 N–H and O–H groups in total. The number of ether oxygens (including phenoxy) is 1. The van der Waals surface area contributed by atoms with E-state index < -0.39 is 23.5 Å². The van der Waals surface area contributed by atoms with Crippen LogP contribution in [0, 0.1) is 0 Å². The Morgan fingerprint density at radius 2 is 1.69 bits per heavy atom. The molecule has 1 amide bonds. The largest absolute Gasteiger partial charge is 0.508 e. The molecule has 0 saturated heterocycles. The van der Waals surface area contributed by atoms with Gasteiger partial charge >= 0.3 is 0 Å². The van der Waals surface area contributed by atoms with Crippen LogP contribution in [0.25, 0.3) is 11.0 Å². The minimum Gasteiger partial charge on any atom is -0.508 e. The molecule has 36 heavy (non-hydrogen) atoms. The summed E-state index contributed by atoms with van der Waals surface area (Å²) in [4.78, 5) is 28.5. The van der Waals surface area contributed by atoms with Gasteiger partial charge in [0.15, 0.2) is 22.9 Å². The van der Waals surface area contributed by atoms with Crippen LogP contribution < -0.4 is 9.64 Å². The minimum atomic E-state index is -0.925. The van der Waals surface area contributed by atoms with Crippen molar-refractivity contribution in [2.75, 3.05) is 12.0 Å². The first-order chi connectivity index (χ1) is 17.3. The van der Waals surface area contributed by atoms with E-state index in [9.17, 15) is 19.8 Å². The molecule has 4 aromatic rings. The number of phenols is 1. The van der Waals surface area contributed by atoms with Gasteiger partial charge in [0.2, 0.25) is 5.78 Å². The Morgan fingerprint density at radius 3 is 2.33 bits per heavy atom. The van der Waals surface area contributed by atoms with Gasteiger partial charge in [-0.1, -0.05) is 50.2 Å². The molecule has 0 radical (unpaired) electrons. The summed E-state index contributed by atoms with van der Waals surface area (Å²) in [6.45, 7) is 4.14. The second kappa shape index (κ2) is 8.92. The van der Waals surface area contributed by atoms with Crippen molar-refractivity contribution in [1.29, 1.82) is 0 Å². The van der Waals surface area contributed by atoms with Gasteiger partial charge in [0.25, 0.3) is 5.91 Å². The van der Waals surface area contributed by atoms with Gasteiger partial charge in [-0.3, -0.25) is 14.5 Å². The summed E-state index contributed by atoms with van der Waals surface area (Å²) in [5, 5.41) is 21.5. The van der Waals surface area contributed by atoms with Gasteiger partial charge in [-0.2, -0.15) is 0 Å². The number of aliphatic hydroxyl groups excluding tert-OH is 1. The number of anilines is 1. The van der Waals surface area contributed by atoms with Gasteiger partial charge in [-0.15, -0.1) is 0 Å². The van der Waals surface area contributed by atoms with Crippen LogP contribution in [-0.2, 0) is 4.79 Å². The van der Waals surface area contributed by atoms with Crippen molar-refractivity contribution >= 4 is 28.3 Å². The van der Waals surface area contributed by atoms with Crippen molar-refractivity contribution in [2.24, 2.45) is 0 Å². The third-order valence-electron chi connectivity index (χ3n) is 6.45. The smallest absolute Gasteiger partial charge is 0.294 e. The van der Waals surface area contributed by atoms with Crippen LogP contribution in [0.2, 0.25) is 0 Å². The predicted molar refractivity (Wildman–Crippen MR) is 136 cm³/mol. The van der Waals surface area contributed by atoms with Crippen molar-refractivity contribution in [3.63, 3.8) is 0 Å². The Kier molecular flexibility index (Phi) is 5.76. The van der Waals surface area contributed by atoms with E-state index in [0.29, 0.717) is 33.9 Å². The third kappa shape index (κ3) is 3.79. The number of carbonyl (C=O) groups is 2. The average Bonchev–Trinajstić information content (AvgIpc) is 3.43. The molecule has 1 aliphatic rings. The highest BCUT2D eigenvalue weighted by Gasteiger charge is 2.45. The maximum Gasteiger partial charge on any atom is 0.294 e. The number of methoxy groups -OCH3 is 1. The lowest BCUT2D eigenvalue weighted by Crippen LogP contribution is -2.31. The molecule has 1 aromatic heterocycles. The number of phenolic OH excluding ortho intramolecular Hbond substituents is 1. The number of benzene rings is 3. The molecule has 5 rings (SSSR count). The van der Waals surface area contributed by atoms with E-state index in [1.165, 1.54) is 24.1 Å². The first kappa shape index (κ1) is 23.2. The number of furan rings is 1. The summed E-state index contributed by atoms with van der Waals surface area (Å²) in [7, 11) is 1.51. The quantitative estimate of drug-likeness (QED) is 0.324. The second-order valence-corrected chi connectivity index (χ2v) is 9.00. The van der Waals surface area contributed by atoms with E-state index in [0.717, 1.165) is 5.56 Å². The number of para-hydroxylation sites is 1. The molecule has 7 heteroatoms. The van der Waals surface area contributed by atoms with Crippen LogP contribution >= 0.6 is 0 Å². The maximum absolute atomic E-state index is 13.8. The molecule has 1 unspecified atom stereocenters. The molecular formula is C29H25NO6. The topological polar surface area (TPSA) is 100 Å². The summed E-state index contributed by atoms with van der Waals surface area (Å²) in [5.41, 5.74) is 2.47. The van der Waals surface area contributed by atoms with Crippen LogP contribution in [-0.4, -0.2) is 29.0 Å². The summed E-state index contributed by atoms with van der Waals surface area (Å²) < 4.78 is 11.2. The third-order valence-corrected chi connectivity index (χ3v) is 6.45. The molecule has 0 saturated carbocycles. The molecule has 0 spiro atoms. The molecule has 0 bridgehead atoms. The van der Waals surface area contributed by atoms with Crippen molar-refractivity contribution < 1.29 is 29.0 Å². The number of aliphatic hydroxyl groups is 1. The van der Waals surface area contributed by atoms with E-state index in [-0.39, 0.29) is 17.1 Å². The van der Waals surface area contributed by atoms with Gasteiger partial charge in [0, 0.05) is 11.1 Å². The Hall–Kier alpha value is -4.52. The first-order valence-corrected chi connectivity index (χ1v) is 11.6. The molecule has 2 heterocycles. The number of rotatable bonds is 6.